The molecule has 0 spiro atoms. The average Bonchev–Trinajstić information content (AvgIpc) is 2.26. The molecule has 0 aliphatic carbocycles. The van der Waals surface area contributed by atoms with E-state index in [2.05, 4.69) is 4.74 Å². The first-order valence-electron chi connectivity index (χ1n) is 5.11. The second-order valence-electron chi connectivity index (χ2n) is 3.20. The minimum absolute atomic E-state index is 0.107. The fourth-order valence-corrected chi connectivity index (χ4v) is 1.67. The Balaban J connectivity index is 2.63. The summed E-state index contributed by atoms with van der Waals surface area (Å²) in [5.41, 5.74) is -3.66. The summed E-state index contributed by atoms with van der Waals surface area (Å²) in [6, 6.07) is 5.71. The van der Waals surface area contributed by atoms with Crippen molar-refractivity contribution in [3.63, 3.8) is 0 Å². The maximum atomic E-state index is 12.1. The van der Waals surface area contributed by atoms with Crippen LogP contribution < -0.4 is 0 Å². The summed E-state index contributed by atoms with van der Waals surface area (Å²) in [4.78, 5) is 11.1. The van der Waals surface area contributed by atoms with Crippen molar-refractivity contribution in [3.05, 3.63) is 35.9 Å². The quantitative estimate of drug-likeness (QED) is 0.474. The largest absolute Gasteiger partial charge is 0.463 e. The van der Waals surface area contributed by atoms with Crippen molar-refractivity contribution in [2.45, 2.75) is 17.3 Å². The first-order chi connectivity index (χ1) is 8.40. The van der Waals surface area contributed by atoms with Gasteiger partial charge in [0, 0.05) is 11.0 Å². The van der Waals surface area contributed by atoms with Crippen LogP contribution in [-0.4, -0.2) is 18.1 Å². The van der Waals surface area contributed by atoms with Gasteiger partial charge in [-0.05, 0) is 42.5 Å². The first-order valence-corrected chi connectivity index (χ1v) is 5.93. The molecule has 6 heteroatoms. The molecule has 0 fully saturated rings. The van der Waals surface area contributed by atoms with Crippen molar-refractivity contribution in [2.75, 3.05) is 6.61 Å². The minimum Gasteiger partial charge on any atom is -0.463 e. The molecule has 1 aromatic rings. The molecule has 1 rings (SSSR count). The standard InChI is InChI=1S/C12H11F3O2S/c1-2-17-11(16)8-5-9-3-6-10(7-4-9)18-12(13,14)15/h3-8H,2H2,1H3/b8-5+. The third-order valence-corrected chi connectivity index (χ3v) is 2.55. The van der Waals surface area contributed by atoms with Crippen LogP contribution in [0.1, 0.15) is 12.5 Å². The molecule has 0 aliphatic rings. The summed E-state index contributed by atoms with van der Waals surface area (Å²) in [6.07, 6.45) is 2.72. The molecule has 0 aromatic heterocycles. The van der Waals surface area contributed by atoms with Crippen molar-refractivity contribution < 1.29 is 22.7 Å². The fourth-order valence-electron chi connectivity index (χ4n) is 1.14. The second kappa shape index (κ2) is 6.49. The van der Waals surface area contributed by atoms with Crippen LogP contribution in [0.25, 0.3) is 6.08 Å². The molecule has 0 unspecified atom stereocenters. The van der Waals surface area contributed by atoms with E-state index < -0.39 is 11.5 Å². The molecule has 0 bridgehead atoms. The minimum atomic E-state index is -4.29. The smallest absolute Gasteiger partial charge is 0.446 e. The number of alkyl halides is 3. The van der Waals surface area contributed by atoms with Gasteiger partial charge in [0.1, 0.15) is 0 Å². The Kier molecular flexibility index (Phi) is 5.27. The summed E-state index contributed by atoms with van der Waals surface area (Å²) in [7, 11) is 0. The van der Waals surface area contributed by atoms with E-state index >= 15 is 0 Å². The Morgan fingerprint density at radius 3 is 2.44 bits per heavy atom. The zero-order valence-electron chi connectivity index (χ0n) is 9.53. The van der Waals surface area contributed by atoms with Crippen molar-refractivity contribution in [2.24, 2.45) is 0 Å². The van der Waals surface area contributed by atoms with Crippen molar-refractivity contribution in [3.8, 4) is 0 Å². The van der Waals surface area contributed by atoms with Gasteiger partial charge in [-0.25, -0.2) is 4.79 Å². The van der Waals surface area contributed by atoms with Crippen LogP contribution in [0.15, 0.2) is 35.2 Å². The summed E-state index contributed by atoms with van der Waals surface area (Å²) < 4.78 is 40.9. The number of halogens is 3. The topological polar surface area (TPSA) is 26.3 Å². The summed E-state index contributed by atoms with van der Waals surface area (Å²) in [6.45, 7) is 1.97. The Morgan fingerprint density at radius 1 is 1.33 bits per heavy atom. The zero-order chi connectivity index (χ0) is 13.6. The van der Waals surface area contributed by atoms with Crippen LogP contribution in [0.3, 0.4) is 0 Å². The van der Waals surface area contributed by atoms with Crippen LogP contribution in [-0.2, 0) is 9.53 Å². The van der Waals surface area contributed by atoms with Gasteiger partial charge in [0.15, 0.2) is 0 Å². The van der Waals surface area contributed by atoms with Crippen molar-refractivity contribution >= 4 is 23.8 Å². The van der Waals surface area contributed by atoms with Crippen LogP contribution in [0.4, 0.5) is 13.2 Å². The monoisotopic (exact) mass is 276 g/mol. The molecule has 0 saturated heterocycles. The van der Waals surface area contributed by atoms with Gasteiger partial charge < -0.3 is 4.74 Å². The summed E-state index contributed by atoms with van der Waals surface area (Å²) in [5, 5.41) is 0. The van der Waals surface area contributed by atoms with Gasteiger partial charge in [0.25, 0.3) is 0 Å². The van der Waals surface area contributed by atoms with Gasteiger partial charge in [-0.1, -0.05) is 12.1 Å². The molecule has 0 radical (unpaired) electrons. The van der Waals surface area contributed by atoms with E-state index in [-0.39, 0.29) is 23.3 Å². The van der Waals surface area contributed by atoms with E-state index in [0.717, 1.165) is 0 Å². The predicted octanol–water partition coefficient (Wildman–Crippen LogP) is 3.87. The van der Waals surface area contributed by atoms with Gasteiger partial charge >= 0.3 is 11.5 Å². The van der Waals surface area contributed by atoms with Crippen LogP contribution in [0, 0.1) is 0 Å². The SMILES string of the molecule is CCOC(=O)/C=C/c1ccc(SC(F)(F)F)cc1. The Morgan fingerprint density at radius 2 is 1.94 bits per heavy atom. The van der Waals surface area contributed by atoms with Gasteiger partial charge in [-0.3, -0.25) is 0 Å². The number of hydrogen-bond acceptors (Lipinski definition) is 3. The van der Waals surface area contributed by atoms with Gasteiger partial charge in [0.2, 0.25) is 0 Å². The number of ether oxygens (including phenoxy) is 1. The third-order valence-electron chi connectivity index (χ3n) is 1.81. The number of rotatable bonds is 4. The molecule has 0 heterocycles. The van der Waals surface area contributed by atoms with Crippen LogP contribution in [0.2, 0.25) is 0 Å². The number of hydrogen-bond donors (Lipinski definition) is 0. The molecule has 0 aliphatic heterocycles. The highest BCUT2D eigenvalue weighted by Crippen LogP contribution is 2.36. The first kappa shape index (κ1) is 14.6. The van der Waals surface area contributed by atoms with Crippen molar-refractivity contribution in [1.29, 1.82) is 0 Å². The fraction of sp³-hybridized carbons (Fsp3) is 0.250. The number of carbonyl (C=O) groups is 1. The maximum absolute atomic E-state index is 12.1. The molecule has 18 heavy (non-hydrogen) atoms. The maximum Gasteiger partial charge on any atom is 0.446 e. The highest BCUT2D eigenvalue weighted by atomic mass is 32.2. The van der Waals surface area contributed by atoms with E-state index in [1.807, 2.05) is 0 Å². The lowest BCUT2D eigenvalue weighted by Crippen LogP contribution is -1.99. The van der Waals surface area contributed by atoms with E-state index in [0.29, 0.717) is 5.56 Å². The van der Waals surface area contributed by atoms with Crippen LogP contribution in [0.5, 0.6) is 0 Å². The molecular formula is C12H11F3O2S. The van der Waals surface area contributed by atoms with E-state index in [1.54, 1.807) is 6.92 Å². The second-order valence-corrected chi connectivity index (χ2v) is 4.34. The van der Waals surface area contributed by atoms with E-state index in [9.17, 15) is 18.0 Å². The highest BCUT2D eigenvalue weighted by molar-refractivity contribution is 8.00. The van der Waals surface area contributed by atoms with Gasteiger partial charge in [-0.15, -0.1) is 0 Å². The number of benzene rings is 1. The Labute approximate surface area is 107 Å². The Hall–Kier alpha value is -1.43. The highest BCUT2D eigenvalue weighted by Gasteiger charge is 2.28. The molecule has 98 valence electrons. The number of esters is 1. The average molecular weight is 276 g/mol. The zero-order valence-corrected chi connectivity index (χ0v) is 10.3. The lowest BCUT2D eigenvalue weighted by Gasteiger charge is -2.05. The molecule has 0 N–H and O–H groups in total. The summed E-state index contributed by atoms with van der Waals surface area (Å²) in [5.74, 6) is -0.480. The molecule has 0 atom stereocenters. The van der Waals surface area contributed by atoms with Crippen molar-refractivity contribution in [1.82, 2.24) is 0 Å². The normalized spacial score (nSPS) is 11.8. The van der Waals surface area contributed by atoms with E-state index in [1.165, 1.54) is 36.4 Å². The number of carbonyl (C=O) groups excluding carboxylic acids is 1. The molecule has 0 amide bonds. The van der Waals surface area contributed by atoms with E-state index in [4.69, 9.17) is 0 Å². The van der Waals surface area contributed by atoms with Gasteiger partial charge in [-0.2, -0.15) is 13.2 Å². The lowest BCUT2D eigenvalue weighted by atomic mass is 10.2. The third kappa shape index (κ3) is 5.77. The predicted molar refractivity (Wildman–Crippen MR) is 64.0 cm³/mol. The molecule has 2 nitrogen and oxygen atoms in total. The number of thioether (sulfide) groups is 1. The molecule has 1 aromatic carbocycles. The van der Waals surface area contributed by atoms with Gasteiger partial charge in [0.05, 0.1) is 6.61 Å². The summed E-state index contributed by atoms with van der Waals surface area (Å²) >= 11 is -0.174. The molecular weight excluding hydrogens is 265 g/mol. The molecule has 0 saturated carbocycles. The van der Waals surface area contributed by atoms with Crippen LogP contribution >= 0.6 is 11.8 Å². The lowest BCUT2D eigenvalue weighted by molar-refractivity contribution is -0.137. The Bertz CT molecular complexity index is 424.